The largest absolute Gasteiger partial charge is 0.316 e. The van der Waals surface area contributed by atoms with Gasteiger partial charge in [-0.3, -0.25) is 9.59 Å². The minimum absolute atomic E-state index is 0. The molecule has 0 aliphatic carbocycles. The second-order valence-corrected chi connectivity index (χ2v) is 4.06. The number of carboxylic acid groups (broad SMARTS) is 3. The molecule has 10 N–H and O–H groups in total. The van der Waals surface area contributed by atoms with E-state index >= 15 is 0 Å². The number of carbonyl (C=O) groups is 3. The van der Waals surface area contributed by atoms with E-state index in [0.717, 1.165) is 0 Å². The molecule has 0 saturated carbocycles. The van der Waals surface area contributed by atoms with E-state index in [9.17, 15) is 14.4 Å². The first-order valence-electron chi connectivity index (χ1n) is 5.71. The van der Waals surface area contributed by atoms with Crippen LogP contribution in [0.15, 0.2) is 0 Å². The molecule has 0 radical (unpaired) electrons. The third kappa shape index (κ3) is 14.5. The van der Waals surface area contributed by atoms with Crippen LogP contribution < -0.4 is 5.73 Å². The molecule has 5 atom stereocenters. The average molecular weight is 398 g/mol. The topological polar surface area (TPSA) is 239 Å². The Kier molecular flexibility index (Phi) is 22.1. The molecule has 0 amide bonds. The zero-order chi connectivity index (χ0) is 18.0. The van der Waals surface area contributed by atoms with Crippen LogP contribution in [-0.4, -0.2) is 157 Å². The Morgan fingerprint density at radius 1 is 0.875 bits per heavy atom. The second kappa shape index (κ2) is 16.7. The van der Waals surface area contributed by atoms with Crippen LogP contribution >= 0.6 is 0 Å². The van der Waals surface area contributed by atoms with E-state index in [1.54, 1.807) is 0 Å². The van der Waals surface area contributed by atoms with Crippen LogP contribution in [-0.2, 0) is 14.4 Å². The molecule has 0 saturated heterocycles. The van der Waals surface area contributed by atoms with Crippen molar-refractivity contribution in [1.29, 1.82) is 0 Å². The summed E-state index contributed by atoms with van der Waals surface area (Å²) < 4.78 is 0. The maximum Gasteiger partial charge on any atom is 0.316 e. The number of hydrogen-bond acceptors (Lipinski definition) is 9. The van der Waals surface area contributed by atoms with Gasteiger partial charge in [-0.1, -0.05) is 0 Å². The van der Waals surface area contributed by atoms with Crippen LogP contribution in [0.25, 0.3) is 0 Å². The fraction of sp³-hybridized carbons (Fsp3) is 0.700. The van der Waals surface area contributed by atoms with E-state index in [2.05, 4.69) is 0 Å². The first-order chi connectivity index (χ1) is 9.95. The summed E-state index contributed by atoms with van der Waals surface area (Å²) in [5, 5.41) is 67.8. The maximum atomic E-state index is 10.1. The zero-order valence-electron chi connectivity index (χ0n) is 11.2. The van der Waals surface area contributed by atoms with E-state index < -0.39 is 61.4 Å². The smallest absolute Gasteiger partial charge is 0.316 e. The van der Waals surface area contributed by atoms with Gasteiger partial charge >= 0.3 is 78.7 Å². The van der Waals surface area contributed by atoms with Crippen molar-refractivity contribution < 1.29 is 55.2 Å². The fourth-order valence-corrected chi connectivity index (χ4v) is 0.944. The van der Waals surface area contributed by atoms with Crippen LogP contribution in [0.4, 0.5) is 0 Å². The summed E-state index contributed by atoms with van der Waals surface area (Å²) >= 11 is 0. The molecule has 12 nitrogen and oxygen atoms in total. The maximum absolute atomic E-state index is 10.1. The Labute approximate surface area is 182 Å². The molecule has 0 aliphatic heterocycles. The summed E-state index contributed by atoms with van der Waals surface area (Å²) in [7, 11) is 0. The second-order valence-electron chi connectivity index (χ2n) is 4.06. The van der Waals surface area contributed by atoms with Gasteiger partial charge in [-0.25, -0.2) is 4.79 Å². The van der Waals surface area contributed by atoms with Crippen molar-refractivity contribution in [2.45, 2.75) is 36.9 Å². The Balaban J connectivity index is -0.000000162. The average Bonchev–Trinajstić information content (AvgIpc) is 2.43. The SMILES string of the molecule is NC(CC(=O)O)C(=O)O.O=C(O)[C@H](O)[C@@H](O)[C@H](O)[C@H](O)CO.[CaH2].[MgH2]. The van der Waals surface area contributed by atoms with E-state index in [4.69, 9.17) is 46.6 Å². The predicted molar refractivity (Wildman–Crippen MR) is 83.7 cm³/mol. The van der Waals surface area contributed by atoms with Crippen molar-refractivity contribution in [2.75, 3.05) is 6.61 Å². The molecule has 0 spiro atoms. The van der Waals surface area contributed by atoms with Crippen LogP contribution in [0.3, 0.4) is 0 Å². The van der Waals surface area contributed by atoms with E-state index in [1.165, 1.54) is 0 Å². The summed E-state index contributed by atoms with van der Waals surface area (Å²) in [5.74, 6) is -4.22. The van der Waals surface area contributed by atoms with Crippen LogP contribution in [0.5, 0.6) is 0 Å². The number of rotatable bonds is 8. The Morgan fingerprint density at radius 2 is 1.29 bits per heavy atom. The number of aliphatic carboxylic acids is 3. The number of aliphatic hydroxyl groups is 5. The number of hydrogen-bond donors (Lipinski definition) is 9. The number of nitrogens with two attached hydrogens (primary N) is 1. The van der Waals surface area contributed by atoms with Crippen molar-refractivity contribution >= 4 is 78.7 Å². The van der Waals surface area contributed by atoms with Gasteiger partial charge < -0.3 is 46.6 Å². The predicted octanol–water partition coefficient (Wildman–Crippen LogP) is -6.45. The first kappa shape index (κ1) is 31.9. The minimum Gasteiger partial charge on any atom is 0.316 e. The summed E-state index contributed by atoms with van der Waals surface area (Å²) in [6, 6.07) is -1.29. The molecular formula is C10H23CaMgNO11. The molecule has 14 heteroatoms. The first-order valence-corrected chi connectivity index (χ1v) is 5.71. The molecule has 138 valence electrons. The molecule has 0 rings (SSSR count). The van der Waals surface area contributed by atoms with Crippen LogP contribution in [0, 0.1) is 0 Å². The van der Waals surface area contributed by atoms with Gasteiger partial charge in [0.05, 0.1) is 13.0 Å². The van der Waals surface area contributed by atoms with Gasteiger partial charge in [0.15, 0.2) is 6.10 Å². The van der Waals surface area contributed by atoms with Gasteiger partial charge in [-0.05, 0) is 0 Å². The molecule has 0 aliphatic rings. The molecule has 0 aromatic carbocycles. The fourth-order valence-electron chi connectivity index (χ4n) is 0.944. The van der Waals surface area contributed by atoms with Gasteiger partial charge in [0.2, 0.25) is 0 Å². The van der Waals surface area contributed by atoms with Gasteiger partial charge in [-0.2, -0.15) is 0 Å². The van der Waals surface area contributed by atoms with Crippen molar-refractivity contribution in [3.63, 3.8) is 0 Å². The molecule has 0 aromatic heterocycles. The molecular weight excluding hydrogens is 374 g/mol. The minimum atomic E-state index is -2.20. The summed E-state index contributed by atoms with van der Waals surface area (Å²) in [4.78, 5) is 29.7. The molecule has 0 heterocycles. The quantitative estimate of drug-likeness (QED) is 0.174. The monoisotopic (exact) mass is 397 g/mol. The van der Waals surface area contributed by atoms with Gasteiger partial charge in [-0.15, -0.1) is 0 Å². The standard InChI is InChI=1S/C6H12O7.C4H7NO4.Ca.Mg.4H/c7-1-2(8)3(9)4(10)5(11)6(12)13;5-2(4(8)9)1-3(6)7;;;;;;/h2-5,7-11H,1H2,(H,12,13);2H,1,5H2,(H,6,7)(H,8,9);;;;;;/t2-,3-,4+,5-;;;;;;;/m1......./s1. The third-order valence-electron chi connectivity index (χ3n) is 2.22. The van der Waals surface area contributed by atoms with E-state index in [-0.39, 0.29) is 60.8 Å². The normalized spacial score (nSPS) is 15.8. The van der Waals surface area contributed by atoms with Crippen LogP contribution in [0.2, 0.25) is 0 Å². The molecule has 1 unspecified atom stereocenters. The van der Waals surface area contributed by atoms with Crippen molar-refractivity contribution in [3.8, 4) is 0 Å². The Morgan fingerprint density at radius 3 is 1.50 bits per heavy atom. The third-order valence-corrected chi connectivity index (χ3v) is 2.22. The summed E-state index contributed by atoms with van der Waals surface area (Å²) in [5.41, 5.74) is 4.84. The van der Waals surface area contributed by atoms with Gasteiger partial charge in [0, 0.05) is 0 Å². The number of aliphatic hydroxyl groups excluding tert-OH is 5. The Hall–Kier alpha value is 0.196. The van der Waals surface area contributed by atoms with Gasteiger partial charge in [0.1, 0.15) is 24.4 Å². The number of carboxylic acids is 3. The Bertz CT molecular complexity index is 386. The summed E-state index contributed by atoms with van der Waals surface area (Å²) in [6.07, 6.45) is -8.37. The molecule has 0 aromatic rings. The van der Waals surface area contributed by atoms with Crippen molar-refractivity contribution in [3.05, 3.63) is 0 Å². The molecule has 0 fully saturated rings. The summed E-state index contributed by atoms with van der Waals surface area (Å²) in [6.45, 7) is -0.843. The molecule has 0 bridgehead atoms. The van der Waals surface area contributed by atoms with E-state index in [0.29, 0.717) is 0 Å². The molecule has 24 heavy (non-hydrogen) atoms. The van der Waals surface area contributed by atoms with Crippen LogP contribution in [0.1, 0.15) is 6.42 Å². The van der Waals surface area contributed by atoms with Crippen molar-refractivity contribution in [1.82, 2.24) is 0 Å². The van der Waals surface area contributed by atoms with E-state index in [1.807, 2.05) is 0 Å². The zero-order valence-corrected chi connectivity index (χ0v) is 11.2. The van der Waals surface area contributed by atoms with Crippen molar-refractivity contribution in [2.24, 2.45) is 5.73 Å². The van der Waals surface area contributed by atoms with Gasteiger partial charge in [0.25, 0.3) is 0 Å².